The first-order valence-electron chi connectivity index (χ1n) is 12.5. The molecule has 2 heterocycles. The second kappa shape index (κ2) is 12.9. The van der Waals surface area contributed by atoms with Gasteiger partial charge in [-0.2, -0.15) is 0 Å². The molecule has 0 spiro atoms. The third-order valence-electron chi connectivity index (χ3n) is 6.54. The van der Waals surface area contributed by atoms with Gasteiger partial charge in [-0.15, -0.1) is 0 Å². The number of benzene rings is 2. The smallest absolute Gasteiger partial charge is 0.342 e. The molecule has 202 valence electrons. The summed E-state index contributed by atoms with van der Waals surface area (Å²) < 4.78 is 11.6. The van der Waals surface area contributed by atoms with Crippen LogP contribution in [0.15, 0.2) is 59.0 Å². The van der Waals surface area contributed by atoms with Gasteiger partial charge in [-0.3, -0.25) is 4.90 Å². The number of hydrogen-bond acceptors (Lipinski definition) is 7. The Labute approximate surface area is 220 Å². The average Bonchev–Trinajstić information content (AvgIpc) is 3.27. The molecule has 9 heteroatoms. The van der Waals surface area contributed by atoms with Gasteiger partial charge in [0.25, 0.3) is 0 Å². The fourth-order valence-corrected chi connectivity index (χ4v) is 4.71. The number of phenols is 1. The first-order valence-corrected chi connectivity index (χ1v) is 12.5. The van der Waals surface area contributed by atoms with Crippen LogP contribution in [0.1, 0.15) is 56.0 Å². The zero-order chi connectivity index (χ0) is 27.8. The molecule has 0 saturated carbocycles. The van der Waals surface area contributed by atoms with Crippen LogP contribution in [0.3, 0.4) is 0 Å². The minimum absolute atomic E-state index is 0.179. The molecule has 0 amide bonds. The van der Waals surface area contributed by atoms with E-state index < -0.39 is 17.9 Å². The number of carbonyl (C=O) groups excluding carboxylic acids is 1. The Morgan fingerprint density at radius 3 is 2.16 bits per heavy atom. The van der Waals surface area contributed by atoms with Crippen LogP contribution in [0, 0.1) is 0 Å². The van der Waals surface area contributed by atoms with Crippen LogP contribution in [0.5, 0.6) is 5.75 Å². The van der Waals surface area contributed by atoms with Crippen molar-refractivity contribution in [3.8, 4) is 17.1 Å². The van der Waals surface area contributed by atoms with E-state index in [1.54, 1.807) is 19.1 Å². The van der Waals surface area contributed by atoms with E-state index in [2.05, 4.69) is 18.7 Å². The van der Waals surface area contributed by atoms with Gasteiger partial charge < -0.3 is 24.5 Å². The topological polar surface area (TPSA) is 138 Å². The average molecular weight is 524 g/mol. The monoisotopic (exact) mass is 523 g/mol. The molecule has 1 fully saturated rings. The Kier molecular flexibility index (Phi) is 9.67. The third kappa shape index (κ3) is 6.80. The SMILES string of the molecule is CCOC(=O)c1c(-c2ccccc2)oc2ccc(O)c(CN3[C@H](C)CCC[C@@H]3C)c12.O=C(O)C=CC(=O)O. The number of aromatic hydroxyl groups is 1. The molecule has 2 aromatic carbocycles. The number of carboxylic acid groups (broad SMARTS) is 2. The van der Waals surface area contributed by atoms with Crippen LogP contribution in [0.4, 0.5) is 0 Å². The van der Waals surface area contributed by atoms with Gasteiger partial charge in [-0.1, -0.05) is 36.8 Å². The van der Waals surface area contributed by atoms with Crippen LogP contribution in [-0.4, -0.2) is 56.8 Å². The van der Waals surface area contributed by atoms with Crippen molar-refractivity contribution in [2.75, 3.05) is 6.61 Å². The van der Waals surface area contributed by atoms with Gasteiger partial charge in [0.1, 0.15) is 22.7 Å². The molecule has 1 saturated heterocycles. The number of likely N-dealkylation sites (tertiary alicyclic amines) is 1. The number of aliphatic carboxylic acids is 2. The highest BCUT2D eigenvalue weighted by atomic mass is 16.5. The van der Waals surface area contributed by atoms with Crippen molar-refractivity contribution in [3.63, 3.8) is 0 Å². The van der Waals surface area contributed by atoms with Gasteiger partial charge in [-0.05, 0) is 45.7 Å². The summed E-state index contributed by atoms with van der Waals surface area (Å²) in [6, 6.07) is 13.8. The molecule has 1 aliphatic rings. The fraction of sp³-hybridized carbons (Fsp3) is 0.345. The minimum atomic E-state index is -1.26. The number of furan rings is 1. The van der Waals surface area contributed by atoms with E-state index in [0.717, 1.165) is 24.0 Å². The highest BCUT2D eigenvalue weighted by Crippen LogP contribution is 2.40. The molecule has 2 atom stereocenters. The molecule has 0 aliphatic carbocycles. The number of hydrogen-bond donors (Lipinski definition) is 3. The number of phenolic OH excluding ortho intramolecular Hbond substituents is 1. The summed E-state index contributed by atoms with van der Waals surface area (Å²) in [6.07, 6.45) is 4.59. The van der Waals surface area contributed by atoms with Crippen LogP contribution >= 0.6 is 0 Å². The van der Waals surface area contributed by atoms with Gasteiger partial charge >= 0.3 is 17.9 Å². The lowest BCUT2D eigenvalue weighted by atomic mass is 9.95. The Balaban J connectivity index is 0.000000436. The molecular formula is C29H33NO8. The van der Waals surface area contributed by atoms with E-state index in [1.165, 1.54) is 6.42 Å². The van der Waals surface area contributed by atoms with Crippen molar-refractivity contribution in [3.05, 3.63) is 65.7 Å². The van der Waals surface area contributed by atoms with Crippen molar-refractivity contribution in [2.45, 2.75) is 58.7 Å². The maximum absolute atomic E-state index is 13.0. The molecule has 3 N–H and O–H groups in total. The zero-order valence-corrected chi connectivity index (χ0v) is 21.7. The molecule has 9 nitrogen and oxygen atoms in total. The largest absolute Gasteiger partial charge is 0.508 e. The molecular weight excluding hydrogens is 490 g/mol. The summed E-state index contributed by atoms with van der Waals surface area (Å²) in [5, 5.41) is 27.1. The molecule has 1 aromatic heterocycles. The molecule has 1 aliphatic heterocycles. The molecule has 38 heavy (non-hydrogen) atoms. The van der Waals surface area contributed by atoms with Crippen molar-refractivity contribution in [2.24, 2.45) is 0 Å². The van der Waals surface area contributed by atoms with Crippen LogP contribution in [0.2, 0.25) is 0 Å². The normalized spacial score (nSPS) is 17.7. The van der Waals surface area contributed by atoms with Gasteiger partial charge in [-0.25, -0.2) is 14.4 Å². The van der Waals surface area contributed by atoms with E-state index in [9.17, 15) is 19.5 Å². The summed E-state index contributed by atoms with van der Waals surface area (Å²) in [6.45, 7) is 7.07. The lowest BCUT2D eigenvalue weighted by Gasteiger charge is -2.39. The Morgan fingerprint density at radius 1 is 1.00 bits per heavy atom. The second-order valence-corrected chi connectivity index (χ2v) is 9.14. The van der Waals surface area contributed by atoms with Crippen molar-refractivity contribution in [1.82, 2.24) is 4.90 Å². The highest BCUT2D eigenvalue weighted by molar-refractivity contribution is 6.10. The summed E-state index contributed by atoms with van der Waals surface area (Å²) in [5.74, 6) is -2.28. The predicted octanol–water partition coefficient (Wildman–Crippen LogP) is 5.46. The maximum atomic E-state index is 13.0. The van der Waals surface area contributed by atoms with Gasteiger partial charge in [0.15, 0.2) is 0 Å². The summed E-state index contributed by atoms with van der Waals surface area (Å²) in [5.41, 5.74) is 2.51. The van der Waals surface area contributed by atoms with Gasteiger partial charge in [0.05, 0.1) is 6.61 Å². The predicted molar refractivity (Wildman–Crippen MR) is 142 cm³/mol. The Bertz CT molecular complexity index is 1290. The number of ether oxygens (including phenoxy) is 1. The lowest BCUT2D eigenvalue weighted by molar-refractivity contribution is -0.134. The number of esters is 1. The quantitative estimate of drug-likeness (QED) is 0.272. The molecule has 4 rings (SSSR count). The first kappa shape index (κ1) is 28.5. The maximum Gasteiger partial charge on any atom is 0.342 e. The second-order valence-electron chi connectivity index (χ2n) is 9.14. The Morgan fingerprint density at radius 2 is 1.61 bits per heavy atom. The number of carbonyl (C=O) groups is 3. The number of fused-ring (bicyclic) bond motifs is 1. The number of piperidine rings is 1. The summed E-state index contributed by atoms with van der Waals surface area (Å²) in [4.78, 5) is 34.5. The molecule has 0 unspecified atom stereocenters. The minimum Gasteiger partial charge on any atom is -0.508 e. The van der Waals surface area contributed by atoms with Crippen molar-refractivity contribution in [1.29, 1.82) is 0 Å². The van der Waals surface area contributed by atoms with E-state index >= 15 is 0 Å². The van der Waals surface area contributed by atoms with Crippen molar-refractivity contribution >= 4 is 28.9 Å². The van der Waals surface area contributed by atoms with Gasteiger partial charge in [0, 0.05) is 47.3 Å². The third-order valence-corrected chi connectivity index (χ3v) is 6.54. The summed E-state index contributed by atoms with van der Waals surface area (Å²) >= 11 is 0. The molecule has 0 radical (unpaired) electrons. The highest BCUT2D eigenvalue weighted by Gasteiger charge is 2.30. The number of nitrogens with zero attached hydrogens (tertiary/aromatic N) is 1. The van der Waals surface area contributed by atoms with Crippen molar-refractivity contribution < 1.29 is 38.9 Å². The standard InChI is InChI=1S/C25H29NO4.C4H4O4/c1-4-29-25(28)23-22-19(15-26-16(2)9-8-10-17(26)3)20(27)13-14-21(22)30-24(23)18-11-6-5-7-12-18;5-3(6)1-2-4(7)8/h5-7,11-14,16-17,27H,4,8-10,15H2,1-3H3;1-2H,(H,5,6)(H,7,8)/t16-,17+;. The zero-order valence-electron chi connectivity index (χ0n) is 21.7. The lowest BCUT2D eigenvalue weighted by Crippen LogP contribution is -2.43. The van der Waals surface area contributed by atoms with Crippen LogP contribution in [0.25, 0.3) is 22.3 Å². The molecule has 0 bridgehead atoms. The van der Waals surface area contributed by atoms with E-state index in [0.29, 0.717) is 53.1 Å². The first-order chi connectivity index (χ1) is 18.1. The summed E-state index contributed by atoms with van der Waals surface area (Å²) in [7, 11) is 0. The van der Waals surface area contributed by atoms with Crippen LogP contribution in [-0.2, 0) is 20.9 Å². The number of rotatable bonds is 7. The van der Waals surface area contributed by atoms with E-state index in [4.69, 9.17) is 19.4 Å². The fourth-order valence-electron chi connectivity index (χ4n) is 4.71. The Hall–Kier alpha value is -4.11. The van der Waals surface area contributed by atoms with E-state index in [-0.39, 0.29) is 12.4 Å². The van der Waals surface area contributed by atoms with Gasteiger partial charge in [0.2, 0.25) is 0 Å². The number of carboxylic acids is 2. The van der Waals surface area contributed by atoms with E-state index in [1.807, 2.05) is 30.3 Å². The molecule has 3 aromatic rings. The van der Waals surface area contributed by atoms with Crippen LogP contribution < -0.4 is 0 Å².